The second kappa shape index (κ2) is 12.8. The van der Waals surface area contributed by atoms with Crippen LogP contribution in [0.4, 0.5) is 0 Å². The maximum Gasteiger partial charge on any atom is 0.191 e. The molecule has 6 heteroatoms. The van der Waals surface area contributed by atoms with Gasteiger partial charge >= 0.3 is 0 Å². The topological polar surface area (TPSA) is 53.8 Å². The Kier molecular flexibility index (Phi) is 10.0. The predicted molar refractivity (Wildman–Crippen MR) is 117 cm³/mol. The van der Waals surface area contributed by atoms with E-state index < -0.39 is 0 Å². The summed E-state index contributed by atoms with van der Waals surface area (Å²) >= 11 is 0. The number of aliphatic imine (C=N–C) groups is 1. The Morgan fingerprint density at radius 2 is 1.75 bits per heavy atom. The van der Waals surface area contributed by atoms with Gasteiger partial charge in [-0.05, 0) is 49.8 Å². The van der Waals surface area contributed by atoms with Crippen LogP contribution >= 0.6 is 0 Å². The third-order valence-corrected chi connectivity index (χ3v) is 4.59. The Morgan fingerprint density at radius 1 is 1.04 bits per heavy atom. The minimum absolute atomic E-state index is 0.637. The fourth-order valence-electron chi connectivity index (χ4n) is 2.86. The van der Waals surface area contributed by atoms with Crippen molar-refractivity contribution in [3.05, 3.63) is 54.4 Å². The summed E-state index contributed by atoms with van der Waals surface area (Å²) in [7, 11) is 0. The molecule has 2 aromatic rings. The van der Waals surface area contributed by atoms with Crippen LogP contribution in [-0.2, 0) is 13.1 Å². The fraction of sp³-hybridized carbons (Fsp3) is 0.500. The van der Waals surface area contributed by atoms with Crippen LogP contribution in [0.5, 0.6) is 5.75 Å². The Morgan fingerprint density at radius 3 is 2.39 bits per heavy atom. The zero-order valence-electron chi connectivity index (χ0n) is 17.5. The van der Waals surface area contributed by atoms with Gasteiger partial charge in [-0.3, -0.25) is 0 Å². The van der Waals surface area contributed by atoms with Gasteiger partial charge in [-0.25, -0.2) is 4.99 Å². The second-order valence-corrected chi connectivity index (χ2v) is 6.56. The number of aromatic nitrogens is 1. The first kappa shape index (κ1) is 21.8. The molecule has 0 atom stereocenters. The van der Waals surface area contributed by atoms with Crippen LogP contribution in [0.25, 0.3) is 0 Å². The number of nitrogens with one attached hydrogen (secondary N) is 2. The highest BCUT2D eigenvalue weighted by Gasteiger charge is 2.01. The average molecular weight is 386 g/mol. The Bertz CT molecular complexity index is 663. The summed E-state index contributed by atoms with van der Waals surface area (Å²) in [5.74, 6) is 1.76. The number of likely N-dealkylation sites (N-methyl/N-ethyl adjacent to an activating group) is 1. The first-order valence-electron chi connectivity index (χ1n) is 10.3. The van der Waals surface area contributed by atoms with E-state index in [0.29, 0.717) is 6.54 Å². The van der Waals surface area contributed by atoms with E-state index >= 15 is 0 Å². The van der Waals surface area contributed by atoms with E-state index in [4.69, 9.17) is 4.74 Å². The maximum atomic E-state index is 5.84. The van der Waals surface area contributed by atoms with Crippen molar-refractivity contribution in [2.24, 2.45) is 4.99 Å². The van der Waals surface area contributed by atoms with Crippen LogP contribution in [0.1, 0.15) is 26.3 Å². The first-order valence-corrected chi connectivity index (χ1v) is 10.3. The van der Waals surface area contributed by atoms with Crippen molar-refractivity contribution in [1.82, 2.24) is 20.1 Å². The van der Waals surface area contributed by atoms with Gasteiger partial charge in [-0.1, -0.05) is 26.0 Å². The lowest BCUT2D eigenvalue weighted by Crippen LogP contribution is -2.38. The molecule has 0 saturated carbocycles. The lowest BCUT2D eigenvalue weighted by Gasteiger charge is -2.18. The van der Waals surface area contributed by atoms with E-state index in [9.17, 15) is 0 Å². The van der Waals surface area contributed by atoms with Gasteiger partial charge in [0.25, 0.3) is 0 Å². The molecule has 0 spiro atoms. The quantitative estimate of drug-likeness (QED) is 0.436. The summed E-state index contributed by atoms with van der Waals surface area (Å²) in [6.07, 6.45) is 4.13. The molecule has 0 radical (unpaired) electrons. The van der Waals surface area contributed by atoms with Crippen LogP contribution in [0, 0.1) is 0 Å². The van der Waals surface area contributed by atoms with Gasteiger partial charge in [0.05, 0.1) is 6.54 Å². The molecule has 1 heterocycles. The van der Waals surface area contributed by atoms with Crippen LogP contribution in [-0.4, -0.2) is 54.8 Å². The normalized spacial score (nSPS) is 11.6. The lowest BCUT2D eigenvalue weighted by molar-refractivity contribution is 0.223. The van der Waals surface area contributed by atoms with Crippen LogP contribution in [0.2, 0.25) is 0 Å². The van der Waals surface area contributed by atoms with Gasteiger partial charge in [0.1, 0.15) is 12.4 Å². The molecule has 0 amide bonds. The molecule has 0 fully saturated rings. The van der Waals surface area contributed by atoms with Crippen LogP contribution in [0.15, 0.2) is 53.8 Å². The summed E-state index contributed by atoms with van der Waals surface area (Å²) in [5.41, 5.74) is 1.17. The fourth-order valence-corrected chi connectivity index (χ4v) is 2.86. The number of nitrogens with zero attached hydrogens (tertiary/aromatic N) is 3. The molecular formula is C22H35N5O. The number of rotatable bonds is 12. The molecule has 154 valence electrons. The van der Waals surface area contributed by atoms with E-state index in [1.165, 1.54) is 5.56 Å². The van der Waals surface area contributed by atoms with Crippen LogP contribution < -0.4 is 15.4 Å². The van der Waals surface area contributed by atoms with E-state index in [1.807, 2.05) is 24.3 Å². The Labute approximate surface area is 169 Å². The predicted octanol–water partition coefficient (Wildman–Crippen LogP) is 2.96. The third kappa shape index (κ3) is 8.05. The van der Waals surface area contributed by atoms with E-state index in [1.54, 1.807) is 0 Å². The molecular weight excluding hydrogens is 350 g/mol. The molecule has 0 aliphatic rings. The summed E-state index contributed by atoms with van der Waals surface area (Å²) in [6.45, 7) is 13.5. The molecule has 6 nitrogen and oxygen atoms in total. The third-order valence-electron chi connectivity index (χ3n) is 4.59. The van der Waals surface area contributed by atoms with Gasteiger partial charge in [-0.2, -0.15) is 0 Å². The summed E-state index contributed by atoms with van der Waals surface area (Å²) in [6, 6.07) is 12.3. The van der Waals surface area contributed by atoms with Crippen molar-refractivity contribution in [3.63, 3.8) is 0 Å². The van der Waals surface area contributed by atoms with E-state index in [0.717, 1.165) is 57.6 Å². The second-order valence-electron chi connectivity index (χ2n) is 6.56. The standard InChI is InChI=1S/C22H35N5O/c1-4-23-22(24-13-16-27-14-7-8-15-27)25-19-20-9-11-21(12-10-20)28-18-17-26(5-2)6-3/h7-12,14-15H,4-6,13,16-19H2,1-3H3,(H2,23,24,25). The van der Waals surface area contributed by atoms with Crippen molar-refractivity contribution in [3.8, 4) is 5.75 Å². The lowest BCUT2D eigenvalue weighted by atomic mass is 10.2. The number of guanidine groups is 1. The van der Waals surface area contributed by atoms with Gasteiger partial charge in [0, 0.05) is 38.6 Å². The molecule has 1 aromatic carbocycles. The van der Waals surface area contributed by atoms with Crippen molar-refractivity contribution >= 4 is 5.96 Å². The zero-order chi connectivity index (χ0) is 20.0. The maximum absolute atomic E-state index is 5.84. The highest BCUT2D eigenvalue weighted by molar-refractivity contribution is 5.79. The molecule has 0 aliphatic carbocycles. The van der Waals surface area contributed by atoms with Gasteiger partial charge in [0.15, 0.2) is 5.96 Å². The van der Waals surface area contributed by atoms with Crippen molar-refractivity contribution in [1.29, 1.82) is 0 Å². The van der Waals surface area contributed by atoms with Crippen molar-refractivity contribution < 1.29 is 4.74 Å². The number of hydrogen-bond acceptors (Lipinski definition) is 3. The summed E-state index contributed by atoms with van der Waals surface area (Å²) in [5, 5.41) is 6.67. The molecule has 28 heavy (non-hydrogen) atoms. The highest BCUT2D eigenvalue weighted by Crippen LogP contribution is 2.13. The zero-order valence-corrected chi connectivity index (χ0v) is 17.5. The van der Waals surface area contributed by atoms with Gasteiger partial charge in [-0.15, -0.1) is 0 Å². The first-order chi connectivity index (χ1) is 13.7. The van der Waals surface area contributed by atoms with Crippen molar-refractivity contribution in [2.75, 3.05) is 39.3 Å². The molecule has 0 saturated heterocycles. The molecule has 2 N–H and O–H groups in total. The minimum Gasteiger partial charge on any atom is -0.492 e. The Balaban J connectivity index is 1.77. The molecule has 1 aromatic heterocycles. The monoisotopic (exact) mass is 385 g/mol. The molecule has 2 rings (SSSR count). The summed E-state index contributed by atoms with van der Waals surface area (Å²) < 4.78 is 7.99. The largest absolute Gasteiger partial charge is 0.492 e. The Hall–Kier alpha value is -2.47. The number of ether oxygens (including phenoxy) is 1. The highest BCUT2D eigenvalue weighted by atomic mass is 16.5. The molecule has 0 bridgehead atoms. The van der Waals surface area contributed by atoms with Gasteiger partial charge in [0.2, 0.25) is 0 Å². The number of benzene rings is 1. The van der Waals surface area contributed by atoms with Crippen molar-refractivity contribution in [2.45, 2.75) is 33.9 Å². The van der Waals surface area contributed by atoms with Gasteiger partial charge < -0.3 is 24.8 Å². The van der Waals surface area contributed by atoms with Crippen LogP contribution in [0.3, 0.4) is 0 Å². The molecule has 0 aliphatic heterocycles. The average Bonchev–Trinajstić information content (AvgIpc) is 3.24. The van der Waals surface area contributed by atoms with E-state index in [-0.39, 0.29) is 0 Å². The van der Waals surface area contributed by atoms with E-state index in [2.05, 4.69) is 70.4 Å². The summed E-state index contributed by atoms with van der Waals surface area (Å²) in [4.78, 5) is 7.03. The smallest absolute Gasteiger partial charge is 0.191 e. The SMILES string of the molecule is CCNC(=NCc1ccc(OCCN(CC)CC)cc1)NCCn1cccc1. The number of hydrogen-bond donors (Lipinski definition) is 2. The molecule has 0 unspecified atom stereocenters. The minimum atomic E-state index is 0.637.